The number of carbonyl (C=O) groups excluding carboxylic acids is 1. The van der Waals surface area contributed by atoms with Gasteiger partial charge in [0.05, 0.1) is 0 Å². The van der Waals surface area contributed by atoms with Crippen molar-refractivity contribution < 1.29 is 4.79 Å². The molecule has 1 aromatic rings. The fraction of sp³-hybridized carbons (Fsp3) is 0.267. The second-order valence-corrected chi connectivity index (χ2v) is 4.46. The zero-order valence-corrected chi connectivity index (χ0v) is 10.6. The molecule has 1 aromatic carbocycles. The third-order valence-corrected chi connectivity index (χ3v) is 3.16. The van der Waals surface area contributed by atoms with Crippen LogP contribution in [0.1, 0.15) is 31.2 Å². The zero-order chi connectivity index (χ0) is 13.5. The maximum absolute atomic E-state index is 11.2. The molecule has 0 amide bonds. The Labute approximate surface area is 112 Å². The molecule has 4 nitrogen and oxygen atoms in total. The lowest BCUT2D eigenvalue weighted by Gasteiger charge is -2.14. The number of nitrogens with zero attached hydrogens (tertiary/aromatic N) is 3. The van der Waals surface area contributed by atoms with E-state index in [4.69, 9.17) is 5.53 Å². The van der Waals surface area contributed by atoms with Gasteiger partial charge in [0.15, 0.2) is 0 Å². The molecule has 4 heteroatoms. The van der Waals surface area contributed by atoms with Crippen molar-refractivity contribution in [1.29, 1.82) is 0 Å². The fourth-order valence-corrected chi connectivity index (χ4v) is 2.10. The lowest BCUT2D eigenvalue weighted by molar-refractivity contribution is -0.119. The summed E-state index contributed by atoms with van der Waals surface area (Å²) in [5, 5.41) is 3.75. The minimum Gasteiger partial charge on any atom is -0.300 e. The number of carbonyl (C=O) groups is 1. The Morgan fingerprint density at radius 3 is 2.47 bits per heavy atom. The highest BCUT2D eigenvalue weighted by molar-refractivity contribution is 5.80. The predicted molar refractivity (Wildman–Crippen MR) is 75.1 cm³/mol. The topological polar surface area (TPSA) is 65.8 Å². The van der Waals surface area contributed by atoms with E-state index in [2.05, 4.69) is 10.0 Å². The number of rotatable bonds is 3. The zero-order valence-electron chi connectivity index (χ0n) is 10.6. The highest BCUT2D eigenvalue weighted by Gasteiger charge is 2.14. The third-order valence-electron chi connectivity index (χ3n) is 3.16. The molecule has 0 aromatic heterocycles. The molecule has 0 spiro atoms. The predicted octanol–water partition coefficient (Wildman–Crippen LogP) is 4.41. The molecule has 0 atom stereocenters. The van der Waals surface area contributed by atoms with Gasteiger partial charge >= 0.3 is 0 Å². The standard InChI is InChI=1S/C15H15N3O/c16-18-17-15(13-7-9-14(19)10-8-13)11-6-12-4-2-1-3-5-12/h1-6,11H,7-10H2/b11-6+. The quantitative estimate of drug-likeness (QED) is 0.447. The van der Waals surface area contributed by atoms with Crippen molar-refractivity contribution in [2.24, 2.45) is 5.11 Å². The van der Waals surface area contributed by atoms with Crippen LogP contribution in [0.5, 0.6) is 0 Å². The van der Waals surface area contributed by atoms with Crippen LogP contribution >= 0.6 is 0 Å². The van der Waals surface area contributed by atoms with Gasteiger partial charge in [0.2, 0.25) is 0 Å². The van der Waals surface area contributed by atoms with Gasteiger partial charge in [-0.15, -0.1) is 0 Å². The van der Waals surface area contributed by atoms with Gasteiger partial charge in [0.25, 0.3) is 0 Å². The van der Waals surface area contributed by atoms with Crippen molar-refractivity contribution in [2.75, 3.05) is 0 Å². The molecule has 0 bridgehead atoms. The molecule has 0 aliphatic heterocycles. The molecule has 0 saturated heterocycles. The van der Waals surface area contributed by atoms with Gasteiger partial charge in [-0.1, -0.05) is 53.2 Å². The Hall–Kier alpha value is -2.32. The maximum Gasteiger partial charge on any atom is 0.133 e. The van der Waals surface area contributed by atoms with E-state index in [9.17, 15) is 4.79 Å². The second kappa shape index (κ2) is 6.57. The highest BCUT2D eigenvalue weighted by Crippen LogP contribution is 2.25. The molecule has 19 heavy (non-hydrogen) atoms. The first-order valence-electron chi connectivity index (χ1n) is 6.31. The summed E-state index contributed by atoms with van der Waals surface area (Å²) in [4.78, 5) is 14.1. The molecule has 1 fully saturated rings. The van der Waals surface area contributed by atoms with Crippen molar-refractivity contribution in [3.8, 4) is 0 Å². The molecule has 0 radical (unpaired) electrons. The van der Waals surface area contributed by atoms with Gasteiger partial charge in [-0.05, 0) is 23.9 Å². The molecule has 1 saturated carbocycles. The molecule has 0 N–H and O–H groups in total. The molecule has 96 valence electrons. The Morgan fingerprint density at radius 2 is 1.84 bits per heavy atom. The normalized spacial score (nSPS) is 15.4. The van der Waals surface area contributed by atoms with E-state index in [1.54, 1.807) is 0 Å². The van der Waals surface area contributed by atoms with Crippen molar-refractivity contribution in [3.63, 3.8) is 0 Å². The van der Waals surface area contributed by atoms with Crippen LogP contribution in [0.2, 0.25) is 0 Å². The van der Waals surface area contributed by atoms with Gasteiger partial charge < -0.3 is 0 Å². The highest BCUT2D eigenvalue weighted by atomic mass is 16.1. The maximum atomic E-state index is 11.2. The largest absolute Gasteiger partial charge is 0.300 e. The summed E-state index contributed by atoms with van der Waals surface area (Å²) >= 11 is 0. The molecule has 0 heterocycles. The third kappa shape index (κ3) is 3.83. The Bertz CT molecular complexity index is 554. The lowest BCUT2D eigenvalue weighted by Crippen LogP contribution is -2.07. The van der Waals surface area contributed by atoms with E-state index in [1.165, 1.54) is 0 Å². The van der Waals surface area contributed by atoms with Gasteiger partial charge in [-0.25, -0.2) is 0 Å². The van der Waals surface area contributed by atoms with Crippen molar-refractivity contribution >= 4 is 11.9 Å². The first kappa shape index (κ1) is 13.1. The van der Waals surface area contributed by atoms with E-state index in [1.807, 2.05) is 42.5 Å². The minimum atomic E-state index is 0.288. The van der Waals surface area contributed by atoms with E-state index in [-0.39, 0.29) is 5.78 Å². The fourth-order valence-electron chi connectivity index (χ4n) is 2.10. The first-order valence-corrected chi connectivity index (χ1v) is 6.31. The number of ketones is 1. The smallest absolute Gasteiger partial charge is 0.133 e. The molecule has 1 aliphatic carbocycles. The Balaban J connectivity index is 2.21. The summed E-state index contributed by atoms with van der Waals surface area (Å²) < 4.78 is 0. The Kier molecular flexibility index (Phi) is 4.54. The molecular formula is C15H15N3O. The van der Waals surface area contributed by atoms with Crippen molar-refractivity contribution in [2.45, 2.75) is 25.7 Å². The molecule has 1 aliphatic rings. The van der Waals surface area contributed by atoms with E-state index in [0.29, 0.717) is 31.4 Å². The first-order chi connectivity index (χ1) is 9.29. The summed E-state index contributed by atoms with van der Waals surface area (Å²) in [6, 6.07) is 9.84. The van der Waals surface area contributed by atoms with E-state index >= 15 is 0 Å². The van der Waals surface area contributed by atoms with Crippen LogP contribution in [0.25, 0.3) is 16.5 Å². The van der Waals surface area contributed by atoms with E-state index in [0.717, 1.165) is 11.1 Å². The average Bonchev–Trinajstić information content (AvgIpc) is 2.46. The summed E-state index contributed by atoms with van der Waals surface area (Å²) in [6.45, 7) is 0. The van der Waals surface area contributed by atoms with Crippen LogP contribution in [-0.4, -0.2) is 5.78 Å². The number of hydrogen-bond donors (Lipinski definition) is 0. The van der Waals surface area contributed by atoms with Crippen LogP contribution in [0, 0.1) is 0 Å². The van der Waals surface area contributed by atoms with Gasteiger partial charge in [0.1, 0.15) is 5.78 Å². The van der Waals surface area contributed by atoms with Crippen LogP contribution in [0.4, 0.5) is 0 Å². The summed E-state index contributed by atoms with van der Waals surface area (Å²) in [7, 11) is 0. The van der Waals surface area contributed by atoms with Gasteiger partial charge in [-0.3, -0.25) is 4.79 Å². The van der Waals surface area contributed by atoms with Crippen LogP contribution < -0.4 is 0 Å². The lowest BCUT2D eigenvalue weighted by atomic mass is 9.92. The van der Waals surface area contributed by atoms with Gasteiger partial charge in [0, 0.05) is 23.5 Å². The van der Waals surface area contributed by atoms with E-state index < -0.39 is 0 Å². The van der Waals surface area contributed by atoms with Crippen LogP contribution in [0.3, 0.4) is 0 Å². The molecule has 0 unspecified atom stereocenters. The second-order valence-electron chi connectivity index (χ2n) is 4.46. The summed E-state index contributed by atoms with van der Waals surface area (Å²) in [5.74, 6) is 0.288. The van der Waals surface area contributed by atoms with Crippen LogP contribution in [-0.2, 0) is 4.79 Å². The summed E-state index contributed by atoms with van der Waals surface area (Å²) in [6.07, 6.45) is 6.27. The van der Waals surface area contributed by atoms with Crippen molar-refractivity contribution in [1.82, 2.24) is 0 Å². The van der Waals surface area contributed by atoms with Crippen molar-refractivity contribution in [3.05, 3.63) is 63.7 Å². The number of Topliss-reactive ketones (excluding diaryl/α,β-unsaturated/α-hetero) is 1. The number of hydrogen-bond acceptors (Lipinski definition) is 2. The SMILES string of the molecule is [N-]=[N+]=NC(/C=C/c1ccccc1)=C1CCC(=O)CC1. The minimum absolute atomic E-state index is 0.288. The summed E-state index contributed by atoms with van der Waals surface area (Å²) in [5.41, 5.74) is 11.4. The molecular weight excluding hydrogens is 238 g/mol. The number of allylic oxidation sites excluding steroid dienone is 2. The monoisotopic (exact) mass is 253 g/mol. The number of benzene rings is 1. The van der Waals surface area contributed by atoms with Gasteiger partial charge in [-0.2, -0.15) is 0 Å². The number of azide groups is 1. The molecule has 2 rings (SSSR count). The Morgan fingerprint density at radius 1 is 1.16 bits per heavy atom. The average molecular weight is 253 g/mol. The van der Waals surface area contributed by atoms with Crippen LogP contribution in [0.15, 0.2) is 52.8 Å².